The summed E-state index contributed by atoms with van der Waals surface area (Å²) >= 11 is 16.8. The fourth-order valence-electron chi connectivity index (χ4n) is 1.46. The van der Waals surface area contributed by atoms with E-state index in [0.29, 0.717) is 16.3 Å². The molecule has 1 amide bonds. The van der Waals surface area contributed by atoms with Crippen LogP contribution in [0.2, 0.25) is 5.02 Å². The van der Waals surface area contributed by atoms with Crippen molar-refractivity contribution in [2.24, 2.45) is 0 Å². The Bertz CT molecular complexity index is 649. The van der Waals surface area contributed by atoms with E-state index < -0.39 is 0 Å². The van der Waals surface area contributed by atoms with Crippen LogP contribution in [0.5, 0.6) is 0 Å². The number of halogens is 3. The van der Waals surface area contributed by atoms with Crippen LogP contribution in [0.15, 0.2) is 50.2 Å². The highest BCUT2D eigenvalue weighted by molar-refractivity contribution is 9.10. The second kappa shape index (κ2) is 6.31. The topological polar surface area (TPSA) is 29.1 Å². The molecule has 6 heteroatoms. The monoisotopic (exact) mass is 419 g/mol. The molecular weight excluding hydrogens is 413 g/mol. The van der Waals surface area contributed by atoms with Crippen molar-refractivity contribution in [2.45, 2.75) is 4.90 Å². The molecule has 19 heavy (non-hydrogen) atoms. The Kier molecular flexibility index (Phi) is 4.95. The summed E-state index contributed by atoms with van der Waals surface area (Å²) in [5.74, 6) is -0.211. The van der Waals surface area contributed by atoms with Gasteiger partial charge in [-0.2, -0.15) is 0 Å². The summed E-state index contributed by atoms with van der Waals surface area (Å²) < 4.78 is 1.45. The van der Waals surface area contributed by atoms with Gasteiger partial charge in [-0.3, -0.25) is 4.79 Å². The molecule has 0 bridgehead atoms. The molecule has 2 aromatic rings. The standard InChI is InChI=1S/C13H8Br2ClNOS/c14-10-3-2-8(19)6-9(10)13(18)17-7-1-4-12(16)11(15)5-7/h1-6,19H,(H,17,18). The van der Waals surface area contributed by atoms with Crippen LogP contribution in [0.1, 0.15) is 10.4 Å². The first-order chi connectivity index (χ1) is 8.97. The van der Waals surface area contributed by atoms with Gasteiger partial charge in [0.2, 0.25) is 0 Å². The average Bonchev–Trinajstić information content (AvgIpc) is 2.36. The maximum absolute atomic E-state index is 12.2. The zero-order chi connectivity index (χ0) is 14.0. The molecule has 0 aliphatic carbocycles. The lowest BCUT2D eigenvalue weighted by Gasteiger charge is -2.08. The van der Waals surface area contributed by atoms with Gasteiger partial charge in [0.1, 0.15) is 0 Å². The molecular formula is C13H8Br2ClNOS. The van der Waals surface area contributed by atoms with Crippen molar-refractivity contribution >= 4 is 67.7 Å². The highest BCUT2D eigenvalue weighted by atomic mass is 79.9. The van der Waals surface area contributed by atoms with Gasteiger partial charge < -0.3 is 5.32 Å². The minimum Gasteiger partial charge on any atom is -0.322 e. The molecule has 0 fully saturated rings. The van der Waals surface area contributed by atoms with Crippen molar-refractivity contribution in [1.82, 2.24) is 0 Å². The number of carbonyl (C=O) groups excluding carboxylic acids is 1. The van der Waals surface area contributed by atoms with E-state index in [1.54, 1.807) is 30.3 Å². The molecule has 2 rings (SSSR count). The third-order valence-electron chi connectivity index (χ3n) is 2.37. The van der Waals surface area contributed by atoms with Crippen molar-refractivity contribution in [2.75, 3.05) is 5.32 Å². The van der Waals surface area contributed by atoms with Crippen LogP contribution < -0.4 is 5.32 Å². The number of amides is 1. The number of rotatable bonds is 2. The number of carbonyl (C=O) groups is 1. The fourth-order valence-corrected chi connectivity index (χ4v) is 2.59. The molecule has 0 spiro atoms. The number of anilines is 1. The molecule has 2 nitrogen and oxygen atoms in total. The predicted molar refractivity (Wildman–Crippen MR) is 88.5 cm³/mol. The van der Waals surface area contributed by atoms with Gasteiger partial charge in [0.15, 0.2) is 0 Å². The number of thiol groups is 1. The minimum absolute atomic E-state index is 0.211. The quantitative estimate of drug-likeness (QED) is 0.624. The van der Waals surface area contributed by atoms with Crippen LogP contribution in [0.3, 0.4) is 0 Å². The van der Waals surface area contributed by atoms with Crippen LogP contribution in [0.4, 0.5) is 5.69 Å². The summed E-state index contributed by atoms with van der Waals surface area (Å²) in [6.45, 7) is 0. The molecule has 0 unspecified atom stereocenters. The SMILES string of the molecule is O=C(Nc1ccc(Cl)c(Br)c1)c1cc(S)ccc1Br. The molecule has 2 aromatic carbocycles. The largest absolute Gasteiger partial charge is 0.322 e. The molecule has 98 valence electrons. The summed E-state index contributed by atoms with van der Waals surface area (Å²) in [6.07, 6.45) is 0. The first-order valence-corrected chi connectivity index (χ1v) is 7.63. The van der Waals surface area contributed by atoms with Crippen LogP contribution >= 0.6 is 56.1 Å². The number of nitrogens with one attached hydrogen (secondary N) is 1. The van der Waals surface area contributed by atoms with E-state index in [1.165, 1.54) is 0 Å². The number of hydrogen-bond acceptors (Lipinski definition) is 2. The van der Waals surface area contributed by atoms with E-state index in [1.807, 2.05) is 6.07 Å². The van der Waals surface area contributed by atoms with Gasteiger partial charge in [0.05, 0.1) is 10.6 Å². The van der Waals surface area contributed by atoms with Gasteiger partial charge in [0, 0.05) is 19.5 Å². The van der Waals surface area contributed by atoms with Crippen LogP contribution in [-0.2, 0) is 0 Å². The highest BCUT2D eigenvalue weighted by Crippen LogP contribution is 2.27. The molecule has 0 radical (unpaired) electrons. The molecule has 0 atom stereocenters. The van der Waals surface area contributed by atoms with Crippen LogP contribution in [0.25, 0.3) is 0 Å². The molecule has 0 aliphatic rings. The summed E-state index contributed by atoms with van der Waals surface area (Å²) in [5.41, 5.74) is 1.19. The van der Waals surface area contributed by atoms with Crippen molar-refractivity contribution in [3.63, 3.8) is 0 Å². The van der Waals surface area contributed by atoms with Gasteiger partial charge in [-0.25, -0.2) is 0 Å². The van der Waals surface area contributed by atoms with Gasteiger partial charge in [-0.1, -0.05) is 11.6 Å². The normalized spacial score (nSPS) is 10.3. The van der Waals surface area contributed by atoms with Gasteiger partial charge in [-0.15, -0.1) is 12.6 Å². The van der Waals surface area contributed by atoms with Gasteiger partial charge >= 0.3 is 0 Å². The molecule has 0 aromatic heterocycles. The van der Waals surface area contributed by atoms with E-state index in [2.05, 4.69) is 49.8 Å². The fraction of sp³-hybridized carbons (Fsp3) is 0. The Morgan fingerprint density at radius 1 is 1.11 bits per heavy atom. The summed E-state index contributed by atoms with van der Waals surface area (Å²) in [4.78, 5) is 12.9. The first kappa shape index (κ1) is 14.9. The Morgan fingerprint density at radius 3 is 2.53 bits per heavy atom. The van der Waals surface area contributed by atoms with E-state index in [9.17, 15) is 4.79 Å². The number of hydrogen-bond donors (Lipinski definition) is 2. The maximum Gasteiger partial charge on any atom is 0.256 e. The second-order valence-electron chi connectivity index (χ2n) is 3.75. The lowest BCUT2D eigenvalue weighted by molar-refractivity contribution is 0.102. The first-order valence-electron chi connectivity index (χ1n) is 5.22. The summed E-state index contributed by atoms with van der Waals surface area (Å²) in [7, 11) is 0. The third-order valence-corrected chi connectivity index (χ3v) is 4.56. The van der Waals surface area contributed by atoms with E-state index in [0.717, 1.165) is 13.8 Å². The van der Waals surface area contributed by atoms with Crippen molar-refractivity contribution < 1.29 is 4.79 Å². The molecule has 0 saturated carbocycles. The predicted octanol–water partition coefficient (Wildman–Crippen LogP) is 5.41. The van der Waals surface area contributed by atoms with E-state index in [-0.39, 0.29) is 5.91 Å². The van der Waals surface area contributed by atoms with E-state index >= 15 is 0 Å². The smallest absolute Gasteiger partial charge is 0.256 e. The zero-order valence-corrected chi connectivity index (χ0v) is 14.3. The lowest BCUT2D eigenvalue weighted by atomic mass is 10.2. The second-order valence-corrected chi connectivity index (χ2v) is 6.38. The Morgan fingerprint density at radius 2 is 1.84 bits per heavy atom. The van der Waals surface area contributed by atoms with Crippen LogP contribution in [0, 0.1) is 0 Å². The zero-order valence-electron chi connectivity index (χ0n) is 9.45. The molecule has 0 heterocycles. The van der Waals surface area contributed by atoms with E-state index in [4.69, 9.17) is 11.6 Å². The Labute approximate surface area is 138 Å². The lowest BCUT2D eigenvalue weighted by Crippen LogP contribution is -2.12. The Hall–Kier alpha value is -0.490. The Balaban J connectivity index is 2.25. The summed E-state index contributed by atoms with van der Waals surface area (Å²) in [6, 6.07) is 10.5. The van der Waals surface area contributed by atoms with Crippen molar-refractivity contribution in [3.8, 4) is 0 Å². The van der Waals surface area contributed by atoms with Gasteiger partial charge in [-0.05, 0) is 68.3 Å². The van der Waals surface area contributed by atoms with Crippen LogP contribution in [-0.4, -0.2) is 5.91 Å². The molecule has 0 aliphatic heterocycles. The van der Waals surface area contributed by atoms with Gasteiger partial charge in [0.25, 0.3) is 5.91 Å². The summed E-state index contributed by atoms with van der Waals surface area (Å²) in [5, 5.41) is 3.40. The minimum atomic E-state index is -0.211. The van der Waals surface area contributed by atoms with Crippen molar-refractivity contribution in [1.29, 1.82) is 0 Å². The number of benzene rings is 2. The molecule has 0 saturated heterocycles. The van der Waals surface area contributed by atoms with Crippen molar-refractivity contribution in [3.05, 3.63) is 55.9 Å². The third kappa shape index (κ3) is 3.75. The maximum atomic E-state index is 12.2. The molecule has 1 N–H and O–H groups in total. The highest BCUT2D eigenvalue weighted by Gasteiger charge is 2.11. The average molecular weight is 422 g/mol.